The van der Waals surface area contributed by atoms with Crippen LogP contribution in [0.4, 0.5) is 10.1 Å². The van der Waals surface area contributed by atoms with Crippen LogP contribution in [0.2, 0.25) is 0 Å². The van der Waals surface area contributed by atoms with Crippen LogP contribution in [0.5, 0.6) is 0 Å². The number of carbonyl (C=O) groups excluding carboxylic acids is 2. The van der Waals surface area contributed by atoms with E-state index < -0.39 is 0 Å². The Morgan fingerprint density at radius 1 is 1.04 bits per heavy atom. The van der Waals surface area contributed by atoms with Crippen LogP contribution in [0.3, 0.4) is 0 Å². The topological polar surface area (TPSA) is 49.4 Å². The van der Waals surface area contributed by atoms with Gasteiger partial charge in [-0.3, -0.25) is 9.59 Å². The Hall–Kier alpha value is -2.69. The summed E-state index contributed by atoms with van der Waals surface area (Å²) < 4.78 is 13.2. The first kappa shape index (κ1) is 17.7. The molecule has 2 aliphatic rings. The molecule has 5 heteroatoms. The van der Waals surface area contributed by atoms with E-state index in [2.05, 4.69) is 5.32 Å². The lowest BCUT2D eigenvalue weighted by atomic mass is 9.93. The highest BCUT2D eigenvalue weighted by Crippen LogP contribution is 2.43. The SMILES string of the molecule is O=C(Nc1cccc(C(=O)N2CCCC2)c1)C(c1ccc(F)cc1)C1CC1. The number of carbonyl (C=O) groups is 2. The van der Waals surface area contributed by atoms with Gasteiger partial charge < -0.3 is 10.2 Å². The molecule has 4 rings (SSSR count). The molecule has 4 nitrogen and oxygen atoms in total. The molecule has 1 N–H and O–H groups in total. The van der Waals surface area contributed by atoms with E-state index in [0.29, 0.717) is 17.2 Å². The summed E-state index contributed by atoms with van der Waals surface area (Å²) >= 11 is 0. The molecule has 1 heterocycles. The Labute approximate surface area is 158 Å². The van der Waals surface area contributed by atoms with Gasteiger partial charge in [0.15, 0.2) is 0 Å². The van der Waals surface area contributed by atoms with E-state index in [0.717, 1.165) is 44.3 Å². The number of anilines is 1. The zero-order chi connectivity index (χ0) is 18.8. The summed E-state index contributed by atoms with van der Waals surface area (Å²) in [7, 11) is 0. The quantitative estimate of drug-likeness (QED) is 0.862. The van der Waals surface area contributed by atoms with Crippen molar-refractivity contribution < 1.29 is 14.0 Å². The van der Waals surface area contributed by atoms with Gasteiger partial charge in [0.05, 0.1) is 5.92 Å². The first-order valence-electron chi connectivity index (χ1n) is 9.57. The van der Waals surface area contributed by atoms with E-state index in [-0.39, 0.29) is 23.5 Å². The maximum absolute atomic E-state index is 13.2. The fraction of sp³-hybridized carbons (Fsp3) is 0.364. The second-order valence-corrected chi connectivity index (χ2v) is 7.44. The van der Waals surface area contributed by atoms with Crippen LogP contribution in [0, 0.1) is 11.7 Å². The van der Waals surface area contributed by atoms with Crippen molar-refractivity contribution in [2.75, 3.05) is 18.4 Å². The molecule has 2 amide bonds. The molecule has 0 radical (unpaired) electrons. The zero-order valence-corrected chi connectivity index (χ0v) is 15.2. The van der Waals surface area contributed by atoms with Crippen LogP contribution in [-0.2, 0) is 4.79 Å². The predicted molar refractivity (Wildman–Crippen MR) is 102 cm³/mol. The molecular weight excluding hydrogens is 343 g/mol. The number of benzene rings is 2. The largest absolute Gasteiger partial charge is 0.339 e. The van der Waals surface area contributed by atoms with Crippen LogP contribution in [0.1, 0.15) is 47.5 Å². The van der Waals surface area contributed by atoms with E-state index in [9.17, 15) is 14.0 Å². The molecule has 1 saturated heterocycles. The minimum Gasteiger partial charge on any atom is -0.339 e. The van der Waals surface area contributed by atoms with E-state index >= 15 is 0 Å². The Bertz CT molecular complexity index is 840. The summed E-state index contributed by atoms with van der Waals surface area (Å²) in [6.07, 6.45) is 4.09. The maximum Gasteiger partial charge on any atom is 0.253 e. The summed E-state index contributed by atoms with van der Waals surface area (Å²) in [5.41, 5.74) is 2.05. The van der Waals surface area contributed by atoms with E-state index in [4.69, 9.17) is 0 Å². The van der Waals surface area contributed by atoms with Crippen molar-refractivity contribution in [3.8, 4) is 0 Å². The second kappa shape index (κ2) is 7.51. The Morgan fingerprint density at radius 3 is 2.41 bits per heavy atom. The molecule has 2 aromatic rings. The molecule has 2 aromatic carbocycles. The highest BCUT2D eigenvalue weighted by atomic mass is 19.1. The lowest BCUT2D eigenvalue weighted by molar-refractivity contribution is -0.118. The van der Waals surface area contributed by atoms with E-state index in [1.165, 1.54) is 12.1 Å². The van der Waals surface area contributed by atoms with Gasteiger partial charge >= 0.3 is 0 Å². The summed E-state index contributed by atoms with van der Waals surface area (Å²) in [5, 5.41) is 2.96. The van der Waals surface area contributed by atoms with E-state index in [1.807, 2.05) is 4.90 Å². The summed E-state index contributed by atoms with van der Waals surface area (Å²) in [5.74, 6) is -0.383. The number of rotatable bonds is 5. The highest BCUT2D eigenvalue weighted by Gasteiger charge is 2.37. The third-order valence-electron chi connectivity index (χ3n) is 5.38. The summed E-state index contributed by atoms with van der Waals surface area (Å²) in [4.78, 5) is 27.3. The molecule has 1 atom stereocenters. The first-order chi connectivity index (χ1) is 13.1. The first-order valence-corrected chi connectivity index (χ1v) is 9.57. The number of nitrogens with zero attached hydrogens (tertiary/aromatic N) is 1. The van der Waals surface area contributed by atoms with Crippen molar-refractivity contribution in [2.45, 2.75) is 31.6 Å². The van der Waals surface area contributed by atoms with Gasteiger partial charge in [-0.25, -0.2) is 4.39 Å². The average Bonchev–Trinajstić information content (AvgIpc) is 3.34. The third kappa shape index (κ3) is 4.02. The Kier molecular flexibility index (Phi) is 4.92. The number of halogens is 1. The number of hydrogen-bond donors (Lipinski definition) is 1. The normalized spacial score (nSPS) is 17.6. The molecular formula is C22H23FN2O2. The van der Waals surface area contributed by atoms with Crippen LogP contribution in [0.15, 0.2) is 48.5 Å². The second-order valence-electron chi connectivity index (χ2n) is 7.44. The fourth-order valence-electron chi connectivity index (χ4n) is 3.79. The Balaban J connectivity index is 1.50. The average molecular weight is 366 g/mol. The standard InChI is InChI=1S/C22H23FN2O2/c23-18-10-8-16(9-11-18)20(15-6-7-15)21(26)24-19-5-3-4-17(14-19)22(27)25-12-1-2-13-25/h3-5,8-11,14-15,20H,1-2,6-7,12-13H2,(H,24,26). The monoisotopic (exact) mass is 366 g/mol. The highest BCUT2D eigenvalue weighted by molar-refractivity contribution is 5.99. The van der Waals surface area contributed by atoms with Crippen molar-refractivity contribution in [2.24, 2.45) is 5.92 Å². The number of amides is 2. The molecule has 140 valence electrons. The maximum atomic E-state index is 13.2. The van der Waals surface area contributed by atoms with Gasteiger partial charge in [0.1, 0.15) is 5.82 Å². The van der Waals surface area contributed by atoms with Gasteiger partial charge in [0.25, 0.3) is 5.91 Å². The molecule has 1 unspecified atom stereocenters. The molecule has 1 saturated carbocycles. The number of likely N-dealkylation sites (tertiary alicyclic amines) is 1. The minimum absolute atomic E-state index is 0.0147. The lowest BCUT2D eigenvalue weighted by Gasteiger charge is -2.18. The smallest absolute Gasteiger partial charge is 0.253 e. The molecule has 0 spiro atoms. The summed E-state index contributed by atoms with van der Waals surface area (Å²) in [6.45, 7) is 1.59. The molecule has 0 aromatic heterocycles. The Morgan fingerprint density at radius 2 is 1.74 bits per heavy atom. The molecule has 0 bridgehead atoms. The molecule has 1 aliphatic carbocycles. The van der Waals surface area contributed by atoms with Crippen LogP contribution in [-0.4, -0.2) is 29.8 Å². The molecule has 2 fully saturated rings. The van der Waals surface area contributed by atoms with Gasteiger partial charge in [-0.2, -0.15) is 0 Å². The van der Waals surface area contributed by atoms with Gasteiger partial charge in [-0.1, -0.05) is 18.2 Å². The van der Waals surface area contributed by atoms with Crippen molar-refractivity contribution in [1.29, 1.82) is 0 Å². The van der Waals surface area contributed by atoms with Crippen LogP contribution in [0.25, 0.3) is 0 Å². The molecule has 27 heavy (non-hydrogen) atoms. The lowest BCUT2D eigenvalue weighted by Crippen LogP contribution is -2.28. The molecule has 1 aliphatic heterocycles. The number of nitrogens with one attached hydrogen (secondary N) is 1. The van der Waals surface area contributed by atoms with Crippen LogP contribution >= 0.6 is 0 Å². The van der Waals surface area contributed by atoms with Crippen LogP contribution < -0.4 is 5.32 Å². The van der Waals surface area contributed by atoms with E-state index in [1.54, 1.807) is 36.4 Å². The minimum atomic E-state index is -0.304. The zero-order valence-electron chi connectivity index (χ0n) is 15.2. The van der Waals surface area contributed by atoms with Crippen molar-refractivity contribution in [1.82, 2.24) is 4.90 Å². The van der Waals surface area contributed by atoms with Crippen molar-refractivity contribution >= 4 is 17.5 Å². The van der Waals surface area contributed by atoms with Crippen molar-refractivity contribution in [3.05, 3.63) is 65.5 Å². The fourth-order valence-corrected chi connectivity index (χ4v) is 3.79. The van der Waals surface area contributed by atoms with Gasteiger partial charge in [0.2, 0.25) is 5.91 Å². The van der Waals surface area contributed by atoms with Gasteiger partial charge in [-0.15, -0.1) is 0 Å². The van der Waals surface area contributed by atoms with Gasteiger partial charge in [-0.05, 0) is 67.5 Å². The van der Waals surface area contributed by atoms with Gasteiger partial charge in [0, 0.05) is 24.3 Å². The summed E-state index contributed by atoms with van der Waals surface area (Å²) in [6, 6.07) is 13.3. The predicted octanol–water partition coefficient (Wildman–Crippen LogP) is 4.19. The van der Waals surface area contributed by atoms with Crippen molar-refractivity contribution in [3.63, 3.8) is 0 Å². The number of hydrogen-bond acceptors (Lipinski definition) is 2. The third-order valence-corrected chi connectivity index (χ3v) is 5.38.